The van der Waals surface area contributed by atoms with E-state index in [1.165, 1.54) is 29.8 Å². The van der Waals surface area contributed by atoms with Crippen LogP contribution in [0.2, 0.25) is 0 Å². The number of rotatable bonds is 6. The van der Waals surface area contributed by atoms with Crippen LogP contribution in [0.15, 0.2) is 47.1 Å². The van der Waals surface area contributed by atoms with Gasteiger partial charge >= 0.3 is 19.9 Å². The quantitative estimate of drug-likeness (QED) is 0.229. The first-order valence-corrected chi connectivity index (χ1v) is 14.8. The van der Waals surface area contributed by atoms with Crippen molar-refractivity contribution in [2.75, 3.05) is 13.2 Å². The van der Waals surface area contributed by atoms with E-state index in [0.717, 1.165) is 30.4 Å². The largest absolute Gasteiger partial charge is 0.412 e. The number of fused-ring (bicyclic) bond motifs is 4. The molecule has 1 aromatic rings. The molecular formula is C28H35F6O5PS3. The zero-order chi connectivity index (χ0) is 29.1. The van der Waals surface area contributed by atoms with Gasteiger partial charge in [-0.3, -0.25) is 23.2 Å². The predicted molar refractivity (Wildman–Crippen MR) is 164 cm³/mol. The van der Waals surface area contributed by atoms with E-state index in [-0.39, 0.29) is 69.8 Å². The van der Waals surface area contributed by atoms with Crippen LogP contribution in [0.5, 0.6) is 0 Å². The van der Waals surface area contributed by atoms with Crippen LogP contribution in [0.1, 0.15) is 63.4 Å². The van der Waals surface area contributed by atoms with Gasteiger partial charge in [0.15, 0.2) is 19.0 Å². The standard InChI is InChI=1S/C28H29F6O5P.3H2S/c1-26-13-22(25-20-9-5-18(35)12-17(20)4-8-21(25)23(26)10-11-24(26)36)16-2-6-19(7-3-16)40(37,38-14-27(29,30)31)39-15-28(32,33)34;;;/h2-3,6-7,12,21-23H,4-5,8-11,13-15H2,1H3;3*1H2/t21-,22+,23-,26-;;;/m0.../s1. The molecule has 0 aliphatic heterocycles. The Balaban J connectivity index is 0.00000215. The number of halogens is 6. The van der Waals surface area contributed by atoms with Crippen molar-refractivity contribution in [3.63, 3.8) is 0 Å². The molecule has 242 valence electrons. The van der Waals surface area contributed by atoms with Gasteiger partial charge in [-0.2, -0.15) is 66.8 Å². The Hall–Kier alpha value is -1.18. The van der Waals surface area contributed by atoms with E-state index >= 15 is 0 Å². The molecule has 5 nitrogen and oxygen atoms in total. The molecule has 0 heterocycles. The molecule has 2 saturated carbocycles. The second-order valence-corrected chi connectivity index (χ2v) is 13.4. The fraction of sp³-hybridized carbons (Fsp3) is 0.571. The molecule has 0 radical (unpaired) electrons. The van der Waals surface area contributed by atoms with Gasteiger partial charge in [-0.05, 0) is 78.9 Å². The van der Waals surface area contributed by atoms with Crippen LogP contribution in [0.3, 0.4) is 0 Å². The minimum absolute atomic E-state index is 0. The summed E-state index contributed by atoms with van der Waals surface area (Å²) in [5.41, 5.74) is 3.43. The lowest BCUT2D eigenvalue weighted by molar-refractivity contribution is -0.164. The second-order valence-electron chi connectivity index (χ2n) is 11.3. The molecule has 15 heteroatoms. The highest BCUT2D eigenvalue weighted by molar-refractivity contribution is 7.62. The average Bonchev–Trinajstić information content (AvgIpc) is 3.18. The molecule has 4 aliphatic carbocycles. The minimum Gasteiger partial charge on any atom is -0.299 e. The molecule has 0 amide bonds. The van der Waals surface area contributed by atoms with Gasteiger partial charge in [-0.15, -0.1) is 0 Å². The summed E-state index contributed by atoms with van der Waals surface area (Å²) in [6.07, 6.45) is -3.87. The number of ketones is 2. The number of alkyl halides is 6. The zero-order valence-electron chi connectivity index (χ0n) is 23.2. The van der Waals surface area contributed by atoms with Gasteiger partial charge in [0.25, 0.3) is 0 Å². The molecule has 1 aromatic carbocycles. The van der Waals surface area contributed by atoms with Crippen molar-refractivity contribution in [1.82, 2.24) is 0 Å². The lowest BCUT2D eigenvalue weighted by atomic mass is 9.53. The maximum atomic E-state index is 13.1. The van der Waals surface area contributed by atoms with Crippen molar-refractivity contribution in [3.05, 3.63) is 52.6 Å². The molecular weight excluding hydrogens is 657 g/mol. The van der Waals surface area contributed by atoms with Crippen LogP contribution in [0, 0.1) is 17.3 Å². The Morgan fingerprint density at radius 2 is 1.44 bits per heavy atom. The number of hydrogen-bond acceptors (Lipinski definition) is 5. The lowest BCUT2D eigenvalue weighted by Gasteiger charge is -2.50. The molecule has 0 aromatic heterocycles. The lowest BCUT2D eigenvalue weighted by Crippen LogP contribution is -2.43. The van der Waals surface area contributed by atoms with Crippen LogP contribution in [0.4, 0.5) is 26.3 Å². The number of carbonyl (C=O) groups excluding carboxylic acids is 2. The van der Waals surface area contributed by atoms with E-state index in [4.69, 9.17) is 0 Å². The van der Waals surface area contributed by atoms with Crippen LogP contribution >= 0.6 is 48.1 Å². The maximum absolute atomic E-state index is 13.1. The molecule has 0 saturated heterocycles. The Bertz CT molecular complexity index is 1310. The van der Waals surface area contributed by atoms with Gasteiger partial charge in [-0.25, -0.2) is 0 Å². The Morgan fingerprint density at radius 3 is 2.00 bits per heavy atom. The van der Waals surface area contributed by atoms with Crippen LogP contribution in [0.25, 0.3) is 0 Å². The molecule has 43 heavy (non-hydrogen) atoms. The molecule has 0 spiro atoms. The topological polar surface area (TPSA) is 69.7 Å². The molecule has 0 unspecified atom stereocenters. The fourth-order valence-electron chi connectivity index (χ4n) is 7.12. The summed E-state index contributed by atoms with van der Waals surface area (Å²) in [6, 6.07) is 5.39. The van der Waals surface area contributed by atoms with Crippen molar-refractivity contribution < 1.29 is 49.5 Å². The monoisotopic (exact) mass is 692 g/mol. The molecule has 0 bridgehead atoms. The van der Waals surface area contributed by atoms with E-state index < -0.39 is 43.9 Å². The number of Topliss-reactive ketones (excluding diaryl/α,β-unsaturated/α-hetero) is 1. The van der Waals surface area contributed by atoms with E-state index in [1.807, 2.05) is 6.92 Å². The Morgan fingerprint density at radius 1 is 0.860 bits per heavy atom. The van der Waals surface area contributed by atoms with Gasteiger partial charge in [0.2, 0.25) is 0 Å². The van der Waals surface area contributed by atoms with Crippen LogP contribution < -0.4 is 5.30 Å². The highest BCUT2D eigenvalue weighted by atomic mass is 32.1. The third kappa shape index (κ3) is 7.80. The first-order chi connectivity index (χ1) is 18.6. The van der Waals surface area contributed by atoms with Gasteiger partial charge < -0.3 is 0 Å². The normalized spacial score (nSPS) is 27.1. The maximum Gasteiger partial charge on any atom is 0.412 e. The van der Waals surface area contributed by atoms with Crippen molar-refractivity contribution in [1.29, 1.82) is 0 Å². The van der Waals surface area contributed by atoms with E-state index in [1.54, 1.807) is 6.08 Å². The van der Waals surface area contributed by atoms with Crippen molar-refractivity contribution >= 4 is 65.0 Å². The summed E-state index contributed by atoms with van der Waals surface area (Å²) in [6.45, 7) is -2.10. The van der Waals surface area contributed by atoms with Crippen molar-refractivity contribution in [2.24, 2.45) is 17.3 Å². The second kappa shape index (κ2) is 13.7. The smallest absolute Gasteiger partial charge is 0.299 e. The predicted octanol–water partition coefficient (Wildman–Crippen LogP) is 7.47. The molecule has 2 fully saturated rings. The zero-order valence-corrected chi connectivity index (χ0v) is 27.1. The molecule has 5 rings (SSSR count). The fourth-order valence-corrected chi connectivity index (χ4v) is 8.64. The summed E-state index contributed by atoms with van der Waals surface area (Å²) < 4.78 is 98.8. The summed E-state index contributed by atoms with van der Waals surface area (Å²) in [5.74, 6) is 0.314. The first-order valence-electron chi connectivity index (χ1n) is 13.2. The third-order valence-electron chi connectivity index (χ3n) is 8.85. The Labute approximate surface area is 267 Å². The number of benzene rings is 1. The van der Waals surface area contributed by atoms with Gasteiger partial charge in [0.05, 0.1) is 5.30 Å². The van der Waals surface area contributed by atoms with E-state index in [9.17, 15) is 40.5 Å². The third-order valence-corrected chi connectivity index (χ3v) is 10.7. The van der Waals surface area contributed by atoms with Gasteiger partial charge in [0.1, 0.15) is 5.78 Å². The SMILES string of the molecule is C[C@]12C[C@H](c3ccc(P(=O)(OCC(F)(F)F)OCC(F)(F)F)cc3)C3=C4CCC(=O)C=C4CC[C@H]3[C@@H]1CCC2=O.S.S.S. The highest BCUT2D eigenvalue weighted by Gasteiger charge is 2.56. The molecule has 4 atom stereocenters. The summed E-state index contributed by atoms with van der Waals surface area (Å²) >= 11 is 0. The Kier molecular flexibility index (Phi) is 12.1. The van der Waals surface area contributed by atoms with Crippen LogP contribution in [-0.2, 0) is 23.2 Å². The number of allylic oxidation sites excluding steroid dienone is 4. The molecule has 0 N–H and O–H groups in total. The van der Waals surface area contributed by atoms with Gasteiger partial charge in [-0.1, -0.05) is 24.6 Å². The summed E-state index contributed by atoms with van der Waals surface area (Å²) in [5, 5.41) is -0.428. The highest BCUT2D eigenvalue weighted by Crippen LogP contribution is 2.62. The summed E-state index contributed by atoms with van der Waals surface area (Å²) in [4.78, 5) is 25.2. The van der Waals surface area contributed by atoms with Gasteiger partial charge in [0, 0.05) is 24.2 Å². The number of hydrogen-bond donors (Lipinski definition) is 0. The molecule has 4 aliphatic rings. The minimum atomic E-state index is -4.98. The first kappa shape index (κ1) is 38.0. The summed E-state index contributed by atoms with van der Waals surface area (Å²) in [7, 11) is -4.98. The van der Waals surface area contributed by atoms with E-state index in [2.05, 4.69) is 9.05 Å². The van der Waals surface area contributed by atoms with E-state index in [0.29, 0.717) is 31.2 Å². The number of carbonyl (C=O) groups is 2. The van der Waals surface area contributed by atoms with Crippen molar-refractivity contribution in [3.8, 4) is 0 Å². The van der Waals surface area contributed by atoms with Crippen molar-refractivity contribution in [2.45, 2.75) is 70.1 Å². The average molecular weight is 693 g/mol. The van der Waals surface area contributed by atoms with Crippen LogP contribution in [-0.4, -0.2) is 37.1 Å².